The third-order valence-electron chi connectivity index (χ3n) is 5.69. The molecule has 0 spiro atoms. The minimum atomic E-state index is -0.596. The Morgan fingerprint density at radius 1 is 1.03 bits per heavy atom. The first-order chi connectivity index (χ1) is 16.1. The van der Waals surface area contributed by atoms with E-state index in [0.717, 1.165) is 11.1 Å². The highest BCUT2D eigenvalue weighted by molar-refractivity contribution is 6.31. The fourth-order valence-electron chi connectivity index (χ4n) is 4.18. The van der Waals surface area contributed by atoms with E-state index in [2.05, 4.69) is 6.58 Å². The zero-order valence-electron chi connectivity index (χ0n) is 17.7. The number of benzene rings is 3. The molecular weight excluding hydrogens is 438 g/mol. The first-order valence-electron chi connectivity index (χ1n) is 10.5. The molecule has 0 fully saturated rings. The smallest absolute Gasteiger partial charge is 0.291 e. The van der Waals surface area contributed by atoms with Crippen LogP contribution in [0.3, 0.4) is 0 Å². The highest BCUT2D eigenvalue weighted by Gasteiger charge is 2.42. The second kappa shape index (κ2) is 8.60. The average molecular weight is 458 g/mol. The van der Waals surface area contributed by atoms with Gasteiger partial charge in [0.1, 0.15) is 17.9 Å². The molecule has 1 aliphatic heterocycles. The zero-order valence-corrected chi connectivity index (χ0v) is 18.4. The van der Waals surface area contributed by atoms with Gasteiger partial charge in [-0.25, -0.2) is 0 Å². The number of hydrogen-bond donors (Lipinski definition) is 0. The molecule has 2 heterocycles. The molecule has 0 N–H and O–H groups in total. The Morgan fingerprint density at radius 2 is 1.79 bits per heavy atom. The number of ether oxygens (including phenoxy) is 1. The van der Waals surface area contributed by atoms with E-state index in [1.165, 1.54) is 0 Å². The van der Waals surface area contributed by atoms with Crippen molar-refractivity contribution in [2.75, 3.05) is 6.61 Å². The van der Waals surface area contributed by atoms with Crippen molar-refractivity contribution in [3.05, 3.63) is 123 Å². The second-order valence-corrected chi connectivity index (χ2v) is 8.24. The molecule has 1 unspecified atom stereocenters. The molecule has 0 bridgehead atoms. The Kier molecular flexibility index (Phi) is 5.48. The summed E-state index contributed by atoms with van der Waals surface area (Å²) < 4.78 is 11.6. The molecule has 1 amide bonds. The zero-order chi connectivity index (χ0) is 22.9. The van der Waals surface area contributed by atoms with Crippen LogP contribution < -0.4 is 10.2 Å². The maximum absolute atomic E-state index is 13.6. The highest BCUT2D eigenvalue weighted by atomic mass is 35.5. The van der Waals surface area contributed by atoms with Crippen molar-refractivity contribution < 1.29 is 13.9 Å². The monoisotopic (exact) mass is 457 g/mol. The van der Waals surface area contributed by atoms with Gasteiger partial charge in [0, 0.05) is 11.6 Å². The summed E-state index contributed by atoms with van der Waals surface area (Å²) in [5.74, 6) is 0.428. The highest BCUT2D eigenvalue weighted by Crippen LogP contribution is 2.39. The molecule has 6 heteroatoms. The van der Waals surface area contributed by atoms with Gasteiger partial charge in [-0.3, -0.25) is 9.59 Å². The third kappa shape index (κ3) is 3.81. The average Bonchev–Trinajstić information content (AvgIpc) is 3.11. The fourth-order valence-corrected chi connectivity index (χ4v) is 4.36. The third-order valence-corrected chi connectivity index (χ3v) is 5.92. The lowest BCUT2D eigenvalue weighted by Gasteiger charge is -2.25. The summed E-state index contributed by atoms with van der Waals surface area (Å²) in [6, 6.07) is 21.3. The van der Waals surface area contributed by atoms with Crippen LogP contribution in [0.5, 0.6) is 5.75 Å². The van der Waals surface area contributed by atoms with Gasteiger partial charge in [0.2, 0.25) is 5.76 Å². The Bertz CT molecular complexity index is 1410. The van der Waals surface area contributed by atoms with Crippen LogP contribution in [0.25, 0.3) is 11.0 Å². The molecule has 1 aromatic heterocycles. The quantitative estimate of drug-likeness (QED) is 0.345. The van der Waals surface area contributed by atoms with Crippen molar-refractivity contribution in [1.29, 1.82) is 0 Å². The number of carbonyl (C=O) groups is 1. The topological polar surface area (TPSA) is 59.8 Å². The SMILES string of the molecule is C=CCOc1ccc(C2c3c(oc4ccc(Cl)cc4c3=O)C(=O)N2Cc2ccccc2)cc1. The lowest BCUT2D eigenvalue weighted by atomic mass is 9.98. The van der Waals surface area contributed by atoms with Crippen LogP contribution in [0.4, 0.5) is 0 Å². The van der Waals surface area contributed by atoms with Gasteiger partial charge in [-0.2, -0.15) is 0 Å². The minimum Gasteiger partial charge on any atom is -0.490 e. The van der Waals surface area contributed by atoms with E-state index in [-0.39, 0.29) is 17.1 Å². The number of hydrogen-bond acceptors (Lipinski definition) is 4. The van der Waals surface area contributed by atoms with Crippen LogP contribution >= 0.6 is 11.6 Å². The molecule has 0 saturated carbocycles. The fraction of sp³-hybridized carbons (Fsp3) is 0.111. The molecule has 164 valence electrons. The number of nitrogens with zero attached hydrogens (tertiary/aromatic N) is 1. The van der Waals surface area contributed by atoms with Crippen molar-refractivity contribution in [2.24, 2.45) is 0 Å². The first kappa shape index (κ1) is 21.0. The lowest BCUT2D eigenvalue weighted by molar-refractivity contribution is 0.0714. The molecular formula is C27H20ClNO4. The van der Waals surface area contributed by atoms with E-state index in [0.29, 0.717) is 40.5 Å². The largest absolute Gasteiger partial charge is 0.490 e. The van der Waals surface area contributed by atoms with E-state index in [1.54, 1.807) is 29.2 Å². The summed E-state index contributed by atoms with van der Waals surface area (Å²) in [5, 5.41) is 0.784. The van der Waals surface area contributed by atoms with Gasteiger partial charge in [-0.15, -0.1) is 0 Å². The molecule has 0 saturated heterocycles. The van der Waals surface area contributed by atoms with Gasteiger partial charge >= 0.3 is 0 Å². The summed E-state index contributed by atoms with van der Waals surface area (Å²) >= 11 is 6.14. The maximum atomic E-state index is 13.6. The van der Waals surface area contributed by atoms with E-state index in [1.807, 2.05) is 54.6 Å². The Hall–Kier alpha value is -3.83. The molecule has 0 radical (unpaired) electrons. The molecule has 4 aromatic rings. The van der Waals surface area contributed by atoms with Gasteiger partial charge in [-0.1, -0.05) is 66.7 Å². The van der Waals surface area contributed by atoms with Gasteiger partial charge in [0.15, 0.2) is 5.43 Å². The molecule has 3 aromatic carbocycles. The Labute approximate surface area is 195 Å². The number of fused-ring (bicyclic) bond motifs is 2. The van der Waals surface area contributed by atoms with Crippen LogP contribution in [0, 0.1) is 0 Å². The standard InChI is InChI=1S/C27H20ClNO4/c1-2-14-32-20-11-8-18(9-12-20)24-23-25(30)21-15-19(28)10-13-22(21)33-26(23)27(31)29(24)16-17-6-4-3-5-7-17/h2-13,15,24H,1,14,16H2. The normalized spacial score (nSPS) is 15.0. The summed E-state index contributed by atoms with van der Waals surface area (Å²) in [5.41, 5.74) is 2.15. The summed E-state index contributed by atoms with van der Waals surface area (Å²) in [6.07, 6.45) is 1.67. The predicted molar refractivity (Wildman–Crippen MR) is 128 cm³/mol. The number of amides is 1. The van der Waals surface area contributed by atoms with E-state index >= 15 is 0 Å². The van der Waals surface area contributed by atoms with Crippen molar-refractivity contribution in [1.82, 2.24) is 4.90 Å². The first-order valence-corrected chi connectivity index (χ1v) is 10.9. The van der Waals surface area contributed by atoms with Crippen molar-refractivity contribution in [3.8, 4) is 5.75 Å². The second-order valence-electron chi connectivity index (χ2n) is 7.80. The number of carbonyl (C=O) groups excluding carboxylic acids is 1. The van der Waals surface area contributed by atoms with Crippen LogP contribution in [0.15, 0.2) is 94.7 Å². The molecule has 0 aliphatic carbocycles. The van der Waals surface area contributed by atoms with Crippen LogP contribution in [-0.2, 0) is 6.54 Å². The summed E-state index contributed by atoms with van der Waals surface area (Å²) in [7, 11) is 0. The molecule has 33 heavy (non-hydrogen) atoms. The Morgan fingerprint density at radius 3 is 2.52 bits per heavy atom. The predicted octanol–water partition coefficient (Wildman–Crippen LogP) is 5.76. The number of halogens is 1. The van der Waals surface area contributed by atoms with Crippen molar-refractivity contribution in [3.63, 3.8) is 0 Å². The number of rotatable bonds is 6. The van der Waals surface area contributed by atoms with Crippen LogP contribution in [0.2, 0.25) is 5.02 Å². The summed E-state index contributed by atoms with van der Waals surface area (Å²) in [6.45, 7) is 4.38. The van der Waals surface area contributed by atoms with Gasteiger partial charge < -0.3 is 14.1 Å². The van der Waals surface area contributed by atoms with Gasteiger partial charge in [0.05, 0.1) is 17.0 Å². The lowest BCUT2D eigenvalue weighted by Crippen LogP contribution is -2.29. The van der Waals surface area contributed by atoms with Crippen LogP contribution in [-0.4, -0.2) is 17.4 Å². The van der Waals surface area contributed by atoms with E-state index < -0.39 is 6.04 Å². The van der Waals surface area contributed by atoms with Crippen LogP contribution in [0.1, 0.15) is 33.3 Å². The van der Waals surface area contributed by atoms with E-state index in [9.17, 15) is 9.59 Å². The molecule has 1 atom stereocenters. The van der Waals surface area contributed by atoms with Crippen molar-refractivity contribution >= 4 is 28.5 Å². The van der Waals surface area contributed by atoms with Gasteiger partial charge in [-0.05, 0) is 41.5 Å². The molecule has 1 aliphatic rings. The minimum absolute atomic E-state index is 0.0720. The molecule has 5 rings (SSSR count). The van der Waals surface area contributed by atoms with Gasteiger partial charge in [0.25, 0.3) is 5.91 Å². The van der Waals surface area contributed by atoms with E-state index in [4.69, 9.17) is 20.8 Å². The Balaban J connectivity index is 1.66. The maximum Gasteiger partial charge on any atom is 0.291 e. The molecule has 5 nitrogen and oxygen atoms in total. The van der Waals surface area contributed by atoms with Crippen molar-refractivity contribution in [2.45, 2.75) is 12.6 Å². The summed E-state index contributed by atoms with van der Waals surface area (Å²) in [4.78, 5) is 28.7.